The average Bonchev–Trinajstić information content (AvgIpc) is 2.89. The van der Waals surface area contributed by atoms with Crippen molar-refractivity contribution >= 4 is 27.7 Å². The molecule has 0 saturated heterocycles. The quantitative estimate of drug-likeness (QED) is 0.755. The lowest BCUT2D eigenvalue weighted by Gasteiger charge is -2.07. The highest BCUT2D eigenvalue weighted by Crippen LogP contribution is 2.16. The van der Waals surface area contributed by atoms with Gasteiger partial charge in [0.25, 0.3) is 5.91 Å². The van der Waals surface area contributed by atoms with Crippen LogP contribution in [-0.4, -0.2) is 32.1 Å². The molecule has 10 heteroatoms. The van der Waals surface area contributed by atoms with Crippen molar-refractivity contribution in [2.24, 2.45) is 5.14 Å². The molecule has 0 spiro atoms. The molecule has 128 valence electrons. The second-order valence-electron chi connectivity index (χ2n) is 4.97. The first-order valence-corrected chi connectivity index (χ1v) is 8.25. The molecule has 0 radical (unpaired) electrons. The number of carbonyl (C=O) groups excluding carboxylic acids is 2. The fraction of sp³-hybridized carbons (Fsp3) is 0.214. The van der Waals surface area contributed by atoms with E-state index in [1.807, 2.05) is 0 Å². The standard InChI is InChI=1S/C14H15N3O6S/c1-8-3-4-10(6-11(8)24(15,20)21)14(19)22-7-13(18)16-12-5-9(2)23-17-12/h3-6H,7H2,1-2H3,(H2,15,20,21)(H,16,17,18). The van der Waals surface area contributed by atoms with Gasteiger partial charge in [-0.05, 0) is 31.5 Å². The molecule has 3 N–H and O–H groups in total. The van der Waals surface area contributed by atoms with Gasteiger partial charge in [0.2, 0.25) is 10.0 Å². The molecule has 9 nitrogen and oxygen atoms in total. The van der Waals surface area contributed by atoms with E-state index in [9.17, 15) is 18.0 Å². The van der Waals surface area contributed by atoms with Crippen LogP contribution in [0.15, 0.2) is 33.7 Å². The number of carbonyl (C=O) groups is 2. The van der Waals surface area contributed by atoms with E-state index < -0.39 is 28.5 Å². The molecule has 0 bridgehead atoms. The number of amides is 1. The van der Waals surface area contributed by atoms with Crippen LogP contribution in [0.3, 0.4) is 0 Å². The van der Waals surface area contributed by atoms with Crippen LogP contribution in [0.25, 0.3) is 0 Å². The molecule has 0 atom stereocenters. The lowest BCUT2D eigenvalue weighted by atomic mass is 10.1. The summed E-state index contributed by atoms with van der Waals surface area (Å²) in [6.07, 6.45) is 0. The molecule has 0 fully saturated rings. The summed E-state index contributed by atoms with van der Waals surface area (Å²) in [4.78, 5) is 23.4. The smallest absolute Gasteiger partial charge is 0.338 e. The van der Waals surface area contributed by atoms with Crippen LogP contribution in [0, 0.1) is 13.8 Å². The van der Waals surface area contributed by atoms with Gasteiger partial charge in [0, 0.05) is 6.07 Å². The van der Waals surface area contributed by atoms with E-state index in [2.05, 4.69) is 10.5 Å². The first kappa shape index (κ1) is 17.6. The lowest BCUT2D eigenvalue weighted by molar-refractivity contribution is -0.119. The van der Waals surface area contributed by atoms with Gasteiger partial charge in [-0.2, -0.15) is 0 Å². The van der Waals surface area contributed by atoms with Gasteiger partial charge >= 0.3 is 5.97 Å². The number of nitrogens with one attached hydrogen (secondary N) is 1. The summed E-state index contributed by atoms with van der Waals surface area (Å²) in [5.41, 5.74) is 0.364. The van der Waals surface area contributed by atoms with Crippen LogP contribution < -0.4 is 10.5 Å². The number of nitrogens with two attached hydrogens (primary N) is 1. The molecule has 0 aliphatic carbocycles. The molecular formula is C14H15N3O6S. The van der Waals surface area contributed by atoms with E-state index in [0.717, 1.165) is 6.07 Å². The summed E-state index contributed by atoms with van der Waals surface area (Å²) in [5.74, 6) is -0.764. The zero-order valence-electron chi connectivity index (χ0n) is 12.9. The van der Waals surface area contributed by atoms with Crippen molar-refractivity contribution in [3.8, 4) is 0 Å². The Labute approximate surface area is 137 Å². The van der Waals surface area contributed by atoms with E-state index in [-0.39, 0.29) is 16.3 Å². The largest absolute Gasteiger partial charge is 0.452 e. The Kier molecular flexibility index (Phi) is 5.00. The SMILES string of the molecule is Cc1cc(NC(=O)COC(=O)c2ccc(C)c(S(N)(=O)=O)c2)no1. The zero-order valence-corrected chi connectivity index (χ0v) is 13.7. The third kappa shape index (κ3) is 4.40. The molecule has 2 rings (SSSR count). The summed E-state index contributed by atoms with van der Waals surface area (Å²) in [6.45, 7) is 2.63. The van der Waals surface area contributed by atoms with Gasteiger partial charge in [-0.3, -0.25) is 4.79 Å². The van der Waals surface area contributed by atoms with Gasteiger partial charge in [0.15, 0.2) is 12.4 Å². The normalized spacial score (nSPS) is 11.1. The molecule has 1 heterocycles. The second-order valence-corrected chi connectivity index (χ2v) is 6.50. The highest BCUT2D eigenvalue weighted by atomic mass is 32.2. The molecule has 0 saturated carbocycles. The van der Waals surface area contributed by atoms with Crippen LogP contribution in [0.5, 0.6) is 0 Å². The number of primary sulfonamides is 1. The number of aryl methyl sites for hydroxylation is 2. The number of nitrogens with zero attached hydrogens (tertiary/aromatic N) is 1. The number of ether oxygens (including phenoxy) is 1. The Morgan fingerprint density at radius 2 is 2.00 bits per heavy atom. The fourth-order valence-electron chi connectivity index (χ4n) is 1.85. The third-order valence-corrected chi connectivity index (χ3v) is 4.01. The van der Waals surface area contributed by atoms with Gasteiger partial charge in [-0.15, -0.1) is 0 Å². The fourth-order valence-corrected chi connectivity index (χ4v) is 2.66. The highest BCUT2D eigenvalue weighted by Gasteiger charge is 2.17. The van der Waals surface area contributed by atoms with Crippen LogP contribution >= 0.6 is 0 Å². The van der Waals surface area contributed by atoms with Gasteiger partial charge in [0.05, 0.1) is 10.5 Å². The third-order valence-electron chi connectivity index (χ3n) is 2.96. The number of benzene rings is 1. The predicted molar refractivity (Wildman–Crippen MR) is 82.7 cm³/mol. The molecule has 1 aromatic heterocycles. The van der Waals surface area contributed by atoms with Crippen LogP contribution in [-0.2, 0) is 19.6 Å². The Balaban J connectivity index is 2.01. The molecule has 1 amide bonds. The van der Waals surface area contributed by atoms with Crippen LogP contribution in [0.2, 0.25) is 0 Å². The minimum atomic E-state index is -3.96. The maximum Gasteiger partial charge on any atom is 0.338 e. The maximum absolute atomic E-state index is 11.9. The van der Waals surface area contributed by atoms with E-state index in [4.69, 9.17) is 14.4 Å². The average molecular weight is 353 g/mol. The molecule has 24 heavy (non-hydrogen) atoms. The number of rotatable bonds is 5. The van der Waals surface area contributed by atoms with E-state index in [0.29, 0.717) is 11.3 Å². The van der Waals surface area contributed by atoms with Gasteiger partial charge in [-0.25, -0.2) is 18.4 Å². The van der Waals surface area contributed by atoms with Crippen LogP contribution in [0.1, 0.15) is 21.7 Å². The number of aromatic nitrogens is 1. The van der Waals surface area contributed by atoms with Gasteiger partial charge in [0.1, 0.15) is 5.76 Å². The first-order valence-electron chi connectivity index (χ1n) is 6.70. The minimum absolute atomic E-state index is 0.0327. The van der Waals surface area contributed by atoms with E-state index in [1.165, 1.54) is 18.2 Å². The molecular weight excluding hydrogens is 338 g/mol. The number of anilines is 1. The van der Waals surface area contributed by atoms with Gasteiger partial charge in [-0.1, -0.05) is 11.2 Å². The Morgan fingerprint density at radius 1 is 1.29 bits per heavy atom. The van der Waals surface area contributed by atoms with E-state index >= 15 is 0 Å². The van der Waals surface area contributed by atoms with Crippen molar-refractivity contribution in [1.82, 2.24) is 5.16 Å². The van der Waals surface area contributed by atoms with Crippen LogP contribution in [0.4, 0.5) is 5.82 Å². The highest BCUT2D eigenvalue weighted by molar-refractivity contribution is 7.89. The Hall–Kier alpha value is -2.72. The number of sulfonamides is 1. The lowest BCUT2D eigenvalue weighted by Crippen LogP contribution is -2.21. The molecule has 0 aliphatic rings. The topological polar surface area (TPSA) is 142 Å². The number of esters is 1. The monoisotopic (exact) mass is 353 g/mol. The van der Waals surface area contributed by atoms with Crippen molar-refractivity contribution in [3.63, 3.8) is 0 Å². The molecule has 2 aromatic rings. The maximum atomic E-state index is 11.9. The van der Waals surface area contributed by atoms with Crippen molar-refractivity contribution in [2.45, 2.75) is 18.7 Å². The summed E-state index contributed by atoms with van der Waals surface area (Å²) in [7, 11) is -3.96. The summed E-state index contributed by atoms with van der Waals surface area (Å²) >= 11 is 0. The number of hydrogen-bond acceptors (Lipinski definition) is 7. The molecule has 0 unspecified atom stereocenters. The van der Waals surface area contributed by atoms with Crippen molar-refractivity contribution in [2.75, 3.05) is 11.9 Å². The predicted octanol–water partition coefficient (Wildman–Crippen LogP) is 0.734. The zero-order chi connectivity index (χ0) is 17.9. The number of hydrogen-bond donors (Lipinski definition) is 2. The molecule has 0 aliphatic heterocycles. The van der Waals surface area contributed by atoms with Crippen molar-refractivity contribution < 1.29 is 27.3 Å². The summed E-state index contributed by atoms with van der Waals surface area (Å²) in [5, 5.41) is 11.0. The van der Waals surface area contributed by atoms with Crippen molar-refractivity contribution in [1.29, 1.82) is 0 Å². The Morgan fingerprint density at radius 3 is 2.58 bits per heavy atom. The summed E-state index contributed by atoms with van der Waals surface area (Å²) in [6, 6.07) is 5.41. The van der Waals surface area contributed by atoms with E-state index in [1.54, 1.807) is 13.8 Å². The Bertz CT molecular complexity index is 888. The second kappa shape index (κ2) is 6.81. The molecule has 1 aromatic carbocycles. The van der Waals surface area contributed by atoms with Gasteiger partial charge < -0.3 is 14.6 Å². The minimum Gasteiger partial charge on any atom is -0.452 e. The summed E-state index contributed by atoms with van der Waals surface area (Å²) < 4.78 is 32.5. The first-order chi connectivity index (χ1) is 11.2. The van der Waals surface area contributed by atoms with Crippen molar-refractivity contribution in [3.05, 3.63) is 41.2 Å².